The van der Waals surface area contributed by atoms with Crippen molar-refractivity contribution >= 4 is 39.9 Å². The van der Waals surface area contributed by atoms with Gasteiger partial charge in [-0.25, -0.2) is 4.39 Å². The summed E-state index contributed by atoms with van der Waals surface area (Å²) in [5.41, 5.74) is 4.44. The number of nitrogens with one attached hydrogen (secondary N) is 2. The highest BCUT2D eigenvalue weighted by Crippen LogP contribution is 2.32. The Morgan fingerprint density at radius 3 is 2.60 bits per heavy atom. The molecule has 5 aromatic rings. The van der Waals surface area contributed by atoms with Crippen molar-refractivity contribution in [2.45, 2.75) is 51.6 Å². The topological polar surface area (TPSA) is 110 Å². The largest absolute Gasteiger partial charge is 0.522 e. The molecule has 0 atom stereocenters. The van der Waals surface area contributed by atoms with Crippen molar-refractivity contribution in [3.05, 3.63) is 84.5 Å². The average molecular weight is 649 g/mol. The summed E-state index contributed by atoms with van der Waals surface area (Å²) in [7, 11) is 0. The van der Waals surface area contributed by atoms with E-state index in [9.17, 15) is 22.4 Å². The van der Waals surface area contributed by atoms with Crippen molar-refractivity contribution in [2.75, 3.05) is 28.6 Å². The smallest absolute Gasteiger partial charge is 0.350 e. The first-order valence-corrected chi connectivity index (χ1v) is 15.1. The molecule has 6 rings (SSSR count). The minimum Gasteiger partial charge on any atom is -0.350 e. The minimum absolute atomic E-state index is 0.122. The fourth-order valence-corrected chi connectivity index (χ4v) is 5.66. The van der Waals surface area contributed by atoms with Gasteiger partial charge in [0, 0.05) is 48.0 Å². The van der Waals surface area contributed by atoms with E-state index < -0.39 is 24.2 Å². The molecular formula is C33H32F4N8O2. The summed E-state index contributed by atoms with van der Waals surface area (Å²) in [6, 6.07) is 14.8. The van der Waals surface area contributed by atoms with E-state index in [0.29, 0.717) is 48.6 Å². The summed E-state index contributed by atoms with van der Waals surface area (Å²) in [5, 5.41) is 12.1. The fourth-order valence-electron chi connectivity index (χ4n) is 5.66. The number of hydrogen-bond acceptors (Lipinski definition) is 8. The van der Waals surface area contributed by atoms with Crippen LogP contribution in [0.3, 0.4) is 0 Å². The average Bonchev–Trinajstić information content (AvgIpc) is 3.48. The normalized spacial score (nSPS) is 14.2. The van der Waals surface area contributed by atoms with Gasteiger partial charge in [0.15, 0.2) is 11.5 Å². The number of aromatic nitrogens is 5. The summed E-state index contributed by atoms with van der Waals surface area (Å²) in [5.74, 6) is -1.03. The number of halogens is 4. The van der Waals surface area contributed by atoms with Crippen molar-refractivity contribution in [3.8, 4) is 11.3 Å². The maximum absolute atomic E-state index is 13.2. The van der Waals surface area contributed by atoms with Crippen LogP contribution in [0.5, 0.6) is 0 Å². The second-order valence-electron chi connectivity index (χ2n) is 11.6. The van der Waals surface area contributed by atoms with Crippen molar-refractivity contribution < 1.29 is 27.1 Å². The lowest BCUT2D eigenvalue weighted by atomic mass is 9.99. The van der Waals surface area contributed by atoms with Crippen LogP contribution in [-0.4, -0.2) is 56.0 Å². The highest BCUT2D eigenvalue weighted by atomic mass is 19.4. The maximum Gasteiger partial charge on any atom is 0.522 e. The third kappa shape index (κ3) is 7.02. The van der Waals surface area contributed by atoms with E-state index >= 15 is 0 Å². The molecule has 1 saturated heterocycles. The summed E-state index contributed by atoms with van der Waals surface area (Å²) in [6.07, 6.45) is -1.78. The molecule has 1 amide bonds. The van der Waals surface area contributed by atoms with Crippen LogP contribution in [0.4, 0.5) is 35.1 Å². The molecule has 0 saturated carbocycles. The molecule has 2 N–H and O–H groups in total. The second kappa shape index (κ2) is 12.9. The maximum atomic E-state index is 13.2. The molecule has 14 heteroatoms. The van der Waals surface area contributed by atoms with Crippen molar-refractivity contribution in [2.24, 2.45) is 0 Å². The van der Waals surface area contributed by atoms with Crippen molar-refractivity contribution in [1.82, 2.24) is 24.6 Å². The van der Waals surface area contributed by atoms with Crippen LogP contribution in [0.25, 0.3) is 27.7 Å². The highest BCUT2D eigenvalue weighted by molar-refractivity contribution is 6.04. The first-order chi connectivity index (χ1) is 22.5. The molecule has 0 bridgehead atoms. The zero-order valence-electron chi connectivity index (χ0n) is 25.7. The summed E-state index contributed by atoms with van der Waals surface area (Å²) in [6.45, 7) is 8.07. The van der Waals surface area contributed by atoms with Gasteiger partial charge in [0.05, 0.1) is 18.0 Å². The van der Waals surface area contributed by atoms with E-state index in [1.807, 2.05) is 49.1 Å². The monoisotopic (exact) mass is 648 g/mol. The Morgan fingerprint density at radius 2 is 1.87 bits per heavy atom. The second-order valence-corrected chi connectivity index (χ2v) is 11.6. The lowest BCUT2D eigenvalue weighted by Crippen LogP contribution is -2.40. The standard InChI is InChI=1S/C33H32F4N8O2/c1-19(2)27-18-40-45-29(27)42-32(44-14-11-24(12-15-44)47-33(35,36)37)43-31(45)39-17-22-6-4-5-7-25(22)28-26-9-8-23(41-30(46)20(3)34)16-21(26)10-13-38-28/h4-10,13,16,18-19,24H,3,11-12,14-15,17H2,1-2H3,(H,41,46)(H,39,42,43). The predicted octanol–water partition coefficient (Wildman–Crippen LogP) is 7.00. The van der Waals surface area contributed by atoms with Gasteiger partial charge in [0.2, 0.25) is 11.9 Å². The zero-order valence-corrected chi connectivity index (χ0v) is 25.7. The number of nitrogens with zero attached hydrogens (tertiary/aromatic N) is 6. The number of piperidine rings is 1. The first-order valence-electron chi connectivity index (χ1n) is 15.1. The van der Waals surface area contributed by atoms with E-state index in [-0.39, 0.29) is 18.8 Å². The Kier molecular flexibility index (Phi) is 8.78. The number of carbonyl (C=O) groups excluding carboxylic acids is 1. The Bertz CT molecular complexity index is 1950. The number of pyridine rings is 1. The molecule has 4 heterocycles. The van der Waals surface area contributed by atoms with Crippen LogP contribution >= 0.6 is 0 Å². The van der Waals surface area contributed by atoms with Gasteiger partial charge < -0.3 is 15.5 Å². The molecule has 244 valence electrons. The van der Waals surface area contributed by atoms with Gasteiger partial charge in [-0.05, 0) is 47.9 Å². The molecule has 0 unspecified atom stereocenters. The van der Waals surface area contributed by atoms with E-state index in [2.05, 4.69) is 32.0 Å². The third-order valence-corrected chi connectivity index (χ3v) is 8.01. The fraction of sp³-hybridized carbons (Fsp3) is 0.303. The number of amides is 1. The minimum atomic E-state index is -4.67. The zero-order chi connectivity index (χ0) is 33.3. The lowest BCUT2D eigenvalue weighted by molar-refractivity contribution is -0.344. The lowest BCUT2D eigenvalue weighted by Gasteiger charge is -2.32. The van der Waals surface area contributed by atoms with Gasteiger partial charge in [0.1, 0.15) is 0 Å². The Balaban J connectivity index is 1.29. The Morgan fingerprint density at radius 1 is 1.11 bits per heavy atom. The number of benzene rings is 2. The van der Waals surface area contributed by atoms with Gasteiger partial charge in [0.25, 0.3) is 5.91 Å². The summed E-state index contributed by atoms with van der Waals surface area (Å²) >= 11 is 0. The molecule has 3 aromatic heterocycles. The molecule has 1 aliphatic heterocycles. The third-order valence-electron chi connectivity index (χ3n) is 8.01. The number of fused-ring (bicyclic) bond motifs is 2. The van der Waals surface area contributed by atoms with Gasteiger partial charge in [-0.3, -0.25) is 14.5 Å². The molecule has 0 spiro atoms. The highest BCUT2D eigenvalue weighted by Gasteiger charge is 2.35. The number of rotatable bonds is 9. The molecule has 47 heavy (non-hydrogen) atoms. The summed E-state index contributed by atoms with van der Waals surface area (Å²) < 4.78 is 57.5. The van der Waals surface area contributed by atoms with Crippen LogP contribution in [0.2, 0.25) is 0 Å². The van der Waals surface area contributed by atoms with E-state index in [1.54, 1.807) is 35.1 Å². The summed E-state index contributed by atoms with van der Waals surface area (Å²) in [4.78, 5) is 27.9. The number of carbonyl (C=O) groups is 1. The predicted molar refractivity (Wildman–Crippen MR) is 171 cm³/mol. The van der Waals surface area contributed by atoms with Crippen molar-refractivity contribution in [1.29, 1.82) is 0 Å². The van der Waals surface area contributed by atoms with Gasteiger partial charge in [-0.15, -0.1) is 13.2 Å². The number of alkyl halides is 3. The van der Waals surface area contributed by atoms with Crippen LogP contribution < -0.4 is 15.5 Å². The Labute approximate surface area is 267 Å². The molecule has 2 aromatic carbocycles. The van der Waals surface area contributed by atoms with Gasteiger partial charge in [-0.1, -0.05) is 50.8 Å². The first kappa shape index (κ1) is 31.9. The van der Waals surface area contributed by atoms with Crippen LogP contribution in [0, 0.1) is 0 Å². The SMILES string of the molecule is C=C(F)C(=O)Nc1ccc2c(-c3ccccc3CNc3nc(N4CCC(OC(F)(F)F)CC4)nc4c(C(C)C)cnn34)nccc2c1. The molecule has 10 nitrogen and oxygen atoms in total. The van der Waals surface area contributed by atoms with E-state index in [1.165, 1.54) is 0 Å². The molecule has 1 fully saturated rings. The van der Waals surface area contributed by atoms with E-state index in [0.717, 1.165) is 27.5 Å². The molecule has 0 radical (unpaired) electrons. The molecular weight excluding hydrogens is 616 g/mol. The van der Waals surface area contributed by atoms with Gasteiger partial charge in [-0.2, -0.15) is 19.6 Å². The Hall–Kier alpha value is -5.11. The molecule has 1 aliphatic rings. The van der Waals surface area contributed by atoms with Crippen LogP contribution in [0.1, 0.15) is 43.7 Å². The van der Waals surface area contributed by atoms with Gasteiger partial charge >= 0.3 is 6.36 Å². The van der Waals surface area contributed by atoms with Crippen LogP contribution in [-0.2, 0) is 16.1 Å². The van der Waals surface area contributed by atoms with E-state index in [4.69, 9.17) is 9.97 Å². The number of anilines is 3. The number of hydrogen-bond donors (Lipinski definition) is 2. The quantitative estimate of drug-likeness (QED) is 0.130. The van der Waals surface area contributed by atoms with Crippen molar-refractivity contribution in [3.63, 3.8) is 0 Å². The van der Waals surface area contributed by atoms with Crippen LogP contribution in [0.15, 0.2) is 73.3 Å². The molecule has 0 aliphatic carbocycles. The number of ether oxygens (including phenoxy) is 1.